The van der Waals surface area contributed by atoms with Crippen molar-refractivity contribution in [3.8, 4) is 0 Å². The lowest BCUT2D eigenvalue weighted by Crippen LogP contribution is -2.31. The fraction of sp³-hybridized carbons (Fsp3) is 0.353. The number of nitrogens with zero attached hydrogens (tertiary/aromatic N) is 2. The van der Waals surface area contributed by atoms with E-state index < -0.39 is 0 Å². The Bertz CT molecular complexity index is 573. The van der Waals surface area contributed by atoms with Gasteiger partial charge in [-0.25, -0.2) is 0 Å². The number of nitrogens with one attached hydrogen (secondary N) is 1. The second-order valence-electron chi connectivity index (χ2n) is 5.52. The normalized spacial score (nSPS) is 20.1. The predicted octanol–water partition coefficient (Wildman–Crippen LogP) is 3.38. The van der Waals surface area contributed by atoms with Crippen LogP contribution in [-0.2, 0) is 6.54 Å². The molecule has 1 aliphatic heterocycles. The maximum atomic E-state index is 4.26. The van der Waals surface area contributed by atoms with Gasteiger partial charge in [0.25, 0.3) is 0 Å². The Morgan fingerprint density at radius 1 is 1.24 bits per heavy atom. The molecule has 1 fully saturated rings. The standard InChI is InChI=1S/C17H20BrN3/c18-16-9-14(10-19-11-16)12-21-8-4-7-20-17(13-21)15-5-2-1-3-6-15/h1-3,5-6,9-11,17,20H,4,7-8,12-13H2. The number of pyridine rings is 1. The van der Waals surface area contributed by atoms with Gasteiger partial charge >= 0.3 is 0 Å². The molecule has 0 radical (unpaired) electrons. The van der Waals surface area contributed by atoms with Crippen molar-refractivity contribution in [3.63, 3.8) is 0 Å². The maximum absolute atomic E-state index is 4.26. The Kier molecular flexibility index (Phi) is 5.01. The van der Waals surface area contributed by atoms with Gasteiger partial charge in [0.15, 0.2) is 0 Å². The predicted molar refractivity (Wildman–Crippen MR) is 89.0 cm³/mol. The molecule has 0 spiro atoms. The van der Waals surface area contributed by atoms with Gasteiger partial charge in [0.1, 0.15) is 0 Å². The SMILES string of the molecule is Brc1cncc(CN2CCCNC(c3ccccc3)C2)c1. The molecule has 3 nitrogen and oxygen atoms in total. The van der Waals surface area contributed by atoms with Gasteiger partial charge in [-0.1, -0.05) is 30.3 Å². The van der Waals surface area contributed by atoms with Gasteiger partial charge in [0.2, 0.25) is 0 Å². The van der Waals surface area contributed by atoms with E-state index in [9.17, 15) is 0 Å². The van der Waals surface area contributed by atoms with Crippen LogP contribution in [0.3, 0.4) is 0 Å². The van der Waals surface area contributed by atoms with E-state index in [0.29, 0.717) is 6.04 Å². The van der Waals surface area contributed by atoms with Crippen LogP contribution in [-0.4, -0.2) is 29.5 Å². The molecule has 1 atom stereocenters. The van der Waals surface area contributed by atoms with Crippen molar-refractivity contribution < 1.29 is 0 Å². The summed E-state index contributed by atoms with van der Waals surface area (Å²) in [5.74, 6) is 0. The van der Waals surface area contributed by atoms with Gasteiger partial charge < -0.3 is 5.32 Å². The van der Waals surface area contributed by atoms with Gasteiger partial charge in [-0.3, -0.25) is 9.88 Å². The molecule has 0 aliphatic carbocycles. The highest BCUT2D eigenvalue weighted by molar-refractivity contribution is 9.10. The summed E-state index contributed by atoms with van der Waals surface area (Å²) in [7, 11) is 0. The molecule has 0 saturated carbocycles. The minimum atomic E-state index is 0.411. The summed E-state index contributed by atoms with van der Waals surface area (Å²) in [6.07, 6.45) is 4.98. The third-order valence-corrected chi connectivity index (χ3v) is 4.29. The smallest absolute Gasteiger partial charge is 0.0449 e. The maximum Gasteiger partial charge on any atom is 0.0449 e. The molecular weight excluding hydrogens is 326 g/mol. The zero-order valence-corrected chi connectivity index (χ0v) is 13.6. The number of hydrogen-bond acceptors (Lipinski definition) is 3. The zero-order valence-electron chi connectivity index (χ0n) is 12.0. The average Bonchev–Trinajstić information content (AvgIpc) is 2.74. The van der Waals surface area contributed by atoms with Crippen LogP contribution in [0.5, 0.6) is 0 Å². The van der Waals surface area contributed by atoms with Crippen LogP contribution >= 0.6 is 15.9 Å². The van der Waals surface area contributed by atoms with Crippen LogP contribution in [0.4, 0.5) is 0 Å². The number of hydrogen-bond donors (Lipinski definition) is 1. The molecule has 2 aromatic rings. The molecule has 21 heavy (non-hydrogen) atoms. The molecular formula is C17H20BrN3. The van der Waals surface area contributed by atoms with Crippen molar-refractivity contribution in [1.82, 2.24) is 15.2 Å². The van der Waals surface area contributed by atoms with Crippen molar-refractivity contribution in [2.75, 3.05) is 19.6 Å². The largest absolute Gasteiger partial charge is 0.309 e. The van der Waals surface area contributed by atoms with Crippen molar-refractivity contribution in [2.45, 2.75) is 19.0 Å². The Balaban J connectivity index is 1.70. The Labute approximate surface area is 134 Å². The second-order valence-corrected chi connectivity index (χ2v) is 6.43. The first-order chi connectivity index (χ1) is 10.3. The van der Waals surface area contributed by atoms with E-state index in [1.807, 2.05) is 12.4 Å². The lowest BCUT2D eigenvalue weighted by atomic mass is 10.1. The van der Waals surface area contributed by atoms with E-state index in [0.717, 1.165) is 30.7 Å². The minimum Gasteiger partial charge on any atom is -0.309 e. The Hall–Kier alpha value is -1.23. The molecule has 1 unspecified atom stereocenters. The molecule has 110 valence electrons. The molecule has 4 heteroatoms. The van der Waals surface area contributed by atoms with Gasteiger partial charge in [-0.05, 0) is 52.6 Å². The molecule has 1 saturated heterocycles. The van der Waals surface area contributed by atoms with Crippen LogP contribution in [0.25, 0.3) is 0 Å². The van der Waals surface area contributed by atoms with Crippen LogP contribution in [0.2, 0.25) is 0 Å². The molecule has 1 N–H and O–H groups in total. The zero-order chi connectivity index (χ0) is 14.5. The first kappa shape index (κ1) is 14.7. The Morgan fingerprint density at radius 3 is 2.90 bits per heavy atom. The molecule has 1 aromatic carbocycles. The molecule has 0 amide bonds. The van der Waals surface area contributed by atoms with Crippen LogP contribution in [0.1, 0.15) is 23.6 Å². The highest BCUT2D eigenvalue weighted by Gasteiger charge is 2.19. The summed E-state index contributed by atoms with van der Waals surface area (Å²) < 4.78 is 1.05. The van der Waals surface area contributed by atoms with E-state index >= 15 is 0 Å². The van der Waals surface area contributed by atoms with Crippen molar-refractivity contribution in [1.29, 1.82) is 0 Å². The van der Waals surface area contributed by atoms with Crippen molar-refractivity contribution in [2.24, 2.45) is 0 Å². The summed E-state index contributed by atoms with van der Waals surface area (Å²) >= 11 is 3.50. The third-order valence-electron chi connectivity index (χ3n) is 3.85. The molecule has 0 bridgehead atoms. The van der Waals surface area contributed by atoms with Crippen molar-refractivity contribution in [3.05, 3.63) is 64.4 Å². The molecule has 1 aliphatic rings. The summed E-state index contributed by atoms with van der Waals surface area (Å²) in [4.78, 5) is 6.78. The third kappa shape index (κ3) is 4.13. The highest BCUT2D eigenvalue weighted by atomic mass is 79.9. The summed E-state index contributed by atoms with van der Waals surface area (Å²) in [5.41, 5.74) is 2.63. The second kappa shape index (κ2) is 7.16. The molecule has 3 rings (SSSR count). The number of aromatic nitrogens is 1. The summed E-state index contributed by atoms with van der Waals surface area (Å²) in [6.45, 7) is 4.20. The van der Waals surface area contributed by atoms with E-state index in [4.69, 9.17) is 0 Å². The Morgan fingerprint density at radius 2 is 2.10 bits per heavy atom. The fourth-order valence-corrected chi connectivity index (χ4v) is 3.26. The van der Waals surface area contributed by atoms with E-state index in [-0.39, 0.29) is 0 Å². The molecule has 1 aromatic heterocycles. The minimum absolute atomic E-state index is 0.411. The number of halogens is 1. The molecule has 2 heterocycles. The quantitative estimate of drug-likeness (QED) is 0.924. The van der Waals surface area contributed by atoms with E-state index in [1.165, 1.54) is 17.5 Å². The van der Waals surface area contributed by atoms with Crippen LogP contribution in [0, 0.1) is 0 Å². The number of benzene rings is 1. The van der Waals surface area contributed by atoms with E-state index in [2.05, 4.69) is 67.5 Å². The van der Waals surface area contributed by atoms with Crippen LogP contribution < -0.4 is 5.32 Å². The van der Waals surface area contributed by atoms with E-state index in [1.54, 1.807) is 0 Å². The van der Waals surface area contributed by atoms with Crippen LogP contribution in [0.15, 0.2) is 53.3 Å². The summed E-state index contributed by atoms with van der Waals surface area (Å²) in [5, 5.41) is 3.66. The monoisotopic (exact) mass is 345 g/mol. The fourth-order valence-electron chi connectivity index (χ4n) is 2.85. The topological polar surface area (TPSA) is 28.2 Å². The first-order valence-electron chi connectivity index (χ1n) is 7.41. The van der Waals surface area contributed by atoms with Gasteiger partial charge in [-0.15, -0.1) is 0 Å². The van der Waals surface area contributed by atoms with Gasteiger partial charge in [0, 0.05) is 36.0 Å². The van der Waals surface area contributed by atoms with Crippen molar-refractivity contribution >= 4 is 15.9 Å². The van der Waals surface area contributed by atoms with Gasteiger partial charge in [0.05, 0.1) is 0 Å². The lowest BCUT2D eigenvalue weighted by molar-refractivity contribution is 0.260. The lowest BCUT2D eigenvalue weighted by Gasteiger charge is -2.24. The average molecular weight is 346 g/mol. The van der Waals surface area contributed by atoms with Gasteiger partial charge in [-0.2, -0.15) is 0 Å². The number of rotatable bonds is 3. The first-order valence-corrected chi connectivity index (χ1v) is 8.21. The summed E-state index contributed by atoms with van der Waals surface area (Å²) in [6, 6.07) is 13.3. The highest BCUT2D eigenvalue weighted by Crippen LogP contribution is 2.19.